The van der Waals surface area contributed by atoms with Crippen molar-refractivity contribution in [2.45, 2.75) is 98.5 Å². The zero-order valence-corrected chi connectivity index (χ0v) is 18.8. The van der Waals surface area contributed by atoms with E-state index in [0.29, 0.717) is 23.0 Å². The van der Waals surface area contributed by atoms with Crippen molar-refractivity contribution in [2.75, 3.05) is 0 Å². The fourth-order valence-corrected chi connectivity index (χ4v) is 8.82. The van der Waals surface area contributed by atoms with Crippen LogP contribution in [0.15, 0.2) is 11.6 Å². The zero-order valence-electron chi connectivity index (χ0n) is 18.8. The van der Waals surface area contributed by atoms with Crippen molar-refractivity contribution in [3.8, 4) is 0 Å². The van der Waals surface area contributed by atoms with Gasteiger partial charge in [0.15, 0.2) is 5.78 Å². The van der Waals surface area contributed by atoms with E-state index in [1.807, 2.05) is 0 Å². The van der Waals surface area contributed by atoms with Crippen molar-refractivity contribution in [2.24, 2.45) is 46.3 Å². The largest absolute Gasteiger partial charge is 0.393 e. The highest BCUT2D eigenvalue weighted by Crippen LogP contribution is 2.68. The molecule has 4 aliphatic rings. The quantitative estimate of drug-likeness (QED) is 0.588. The second-order valence-corrected chi connectivity index (χ2v) is 11.3. The normalized spacial score (nSPS) is 50.8. The van der Waals surface area contributed by atoms with Crippen molar-refractivity contribution >= 4 is 5.78 Å². The minimum Gasteiger partial charge on any atom is -0.393 e. The Kier molecular flexibility index (Phi) is 5.35. The van der Waals surface area contributed by atoms with Gasteiger partial charge in [-0.05, 0) is 97.9 Å². The molecule has 1 N–H and O–H groups in total. The van der Waals surface area contributed by atoms with Gasteiger partial charge in [0.1, 0.15) is 0 Å². The molecule has 2 heteroatoms. The van der Waals surface area contributed by atoms with Gasteiger partial charge < -0.3 is 5.11 Å². The topological polar surface area (TPSA) is 37.3 Å². The monoisotopic (exact) mass is 386 g/mol. The first kappa shape index (κ1) is 20.6. The van der Waals surface area contributed by atoms with Gasteiger partial charge in [-0.15, -0.1) is 0 Å². The predicted octanol–water partition coefficient (Wildman–Crippen LogP) is 6.18. The van der Waals surface area contributed by atoms with E-state index in [1.165, 1.54) is 38.5 Å². The fraction of sp³-hybridized carbons (Fsp3) is 0.885. The smallest absolute Gasteiger partial charge is 0.162 e. The predicted molar refractivity (Wildman–Crippen MR) is 115 cm³/mol. The minimum atomic E-state index is -0.225. The lowest BCUT2D eigenvalue weighted by Gasteiger charge is -2.61. The van der Waals surface area contributed by atoms with Crippen molar-refractivity contribution in [3.63, 3.8) is 0 Å². The summed E-state index contributed by atoms with van der Waals surface area (Å²) in [5.41, 5.74) is 1.62. The summed E-state index contributed by atoms with van der Waals surface area (Å²) >= 11 is 0. The Bertz CT molecular complexity index is 651. The van der Waals surface area contributed by atoms with Crippen LogP contribution < -0.4 is 0 Å². The molecular weight excluding hydrogens is 344 g/mol. The van der Waals surface area contributed by atoms with Gasteiger partial charge >= 0.3 is 0 Å². The number of hydrogen-bond donors (Lipinski definition) is 1. The highest BCUT2D eigenvalue weighted by molar-refractivity contribution is 5.99. The molecule has 4 aliphatic carbocycles. The summed E-state index contributed by atoms with van der Waals surface area (Å²) in [7, 11) is 0. The van der Waals surface area contributed by atoms with Gasteiger partial charge in [0.25, 0.3) is 0 Å². The number of carbonyl (C=O) groups excluding carboxylic acids is 1. The zero-order chi connectivity index (χ0) is 20.3. The molecule has 0 aromatic rings. The molecule has 158 valence electrons. The van der Waals surface area contributed by atoms with Crippen LogP contribution >= 0.6 is 0 Å². The summed E-state index contributed by atoms with van der Waals surface area (Å²) < 4.78 is 0. The molecule has 0 amide bonds. The SMILES string of the molecule is CC=C1C(=O)C2C(CC[C@@]3(C)C2CC[C@@H]3[C@H](C)CCC)[C@@]2(C)CC[C@@H](O)CC12. The van der Waals surface area contributed by atoms with Crippen LogP contribution in [0.5, 0.6) is 0 Å². The van der Waals surface area contributed by atoms with E-state index in [2.05, 4.69) is 40.7 Å². The maximum absolute atomic E-state index is 13.8. The van der Waals surface area contributed by atoms with Gasteiger partial charge in [0, 0.05) is 5.92 Å². The maximum atomic E-state index is 13.8. The van der Waals surface area contributed by atoms with Crippen LogP contribution in [0.4, 0.5) is 0 Å². The number of allylic oxidation sites excluding steroid dienone is 2. The van der Waals surface area contributed by atoms with Crippen LogP contribution in [0.3, 0.4) is 0 Å². The van der Waals surface area contributed by atoms with Gasteiger partial charge in [-0.1, -0.05) is 46.6 Å². The second kappa shape index (κ2) is 7.25. The number of carbonyl (C=O) groups is 1. The molecule has 4 unspecified atom stereocenters. The number of aliphatic hydroxyl groups excluding tert-OH is 1. The maximum Gasteiger partial charge on any atom is 0.162 e. The number of fused-ring (bicyclic) bond motifs is 5. The molecule has 0 aliphatic heterocycles. The fourth-order valence-electron chi connectivity index (χ4n) is 8.82. The number of ketones is 1. The molecule has 9 atom stereocenters. The van der Waals surface area contributed by atoms with E-state index >= 15 is 0 Å². The number of hydrogen-bond acceptors (Lipinski definition) is 2. The first-order valence-corrected chi connectivity index (χ1v) is 12.2. The van der Waals surface area contributed by atoms with Crippen LogP contribution in [-0.2, 0) is 4.79 Å². The Morgan fingerprint density at radius 3 is 2.46 bits per heavy atom. The summed E-state index contributed by atoms with van der Waals surface area (Å²) in [4.78, 5) is 13.8. The third-order valence-electron chi connectivity index (χ3n) is 10.2. The summed E-state index contributed by atoms with van der Waals surface area (Å²) in [5, 5.41) is 10.4. The molecule has 0 bridgehead atoms. The Morgan fingerprint density at radius 1 is 1.11 bits per heavy atom. The summed E-state index contributed by atoms with van der Waals surface area (Å²) in [5.74, 6) is 3.64. The highest BCUT2D eigenvalue weighted by atomic mass is 16.3. The Morgan fingerprint density at radius 2 is 1.79 bits per heavy atom. The third kappa shape index (κ3) is 2.80. The van der Waals surface area contributed by atoms with E-state index in [4.69, 9.17) is 0 Å². The number of aliphatic hydroxyl groups is 1. The van der Waals surface area contributed by atoms with E-state index < -0.39 is 0 Å². The van der Waals surface area contributed by atoms with E-state index in [0.717, 1.165) is 36.7 Å². The lowest BCUT2D eigenvalue weighted by molar-refractivity contribution is -0.150. The second-order valence-electron chi connectivity index (χ2n) is 11.3. The van der Waals surface area contributed by atoms with Crippen LogP contribution in [-0.4, -0.2) is 17.0 Å². The molecule has 0 radical (unpaired) electrons. The Labute approximate surface area is 172 Å². The van der Waals surface area contributed by atoms with Gasteiger partial charge in [0.2, 0.25) is 0 Å². The van der Waals surface area contributed by atoms with Gasteiger partial charge in [-0.25, -0.2) is 0 Å². The molecule has 4 rings (SSSR count). The lowest BCUT2D eigenvalue weighted by atomic mass is 9.43. The molecule has 4 saturated carbocycles. The molecular formula is C26H42O2. The highest BCUT2D eigenvalue weighted by Gasteiger charge is 2.64. The Hall–Kier alpha value is -0.630. The summed E-state index contributed by atoms with van der Waals surface area (Å²) in [6, 6.07) is 0. The van der Waals surface area contributed by atoms with E-state index in [1.54, 1.807) is 0 Å². The molecule has 2 nitrogen and oxygen atoms in total. The van der Waals surface area contributed by atoms with Gasteiger partial charge in [-0.3, -0.25) is 4.79 Å². The van der Waals surface area contributed by atoms with Crippen molar-refractivity contribution < 1.29 is 9.90 Å². The van der Waals surface area contributed by atoms with Crippen LogP contribution in [0.1, 0.15) is 92.4 Å². The molecule has 28 heavy (non-hydrogen) atoms. The third-order valence-corrected chi connectivity index (χ3v) is 10.2. The van der Waals surface area contributed by atoms with E-state index in [9.17, 15) is 9.90 Å². The average molecular weight is 387 g/mol. The summed E-state index contributed by atoms with van der Waals surface area (Å²) in [6.07, 6.45) is 12.4. The van der Waals surface area contributed by atoms with Crippen LogP contribution in [0, 0.1) is 46.3 Å². The molecule has 0 spiro atoms. The molecule has 0 aromatic heterocycles. The lowest BCUT2D eigenvalue weighted by Crippen LogP contribution is -2.58. The molecule has 0 saturated heterocycles. The first-order chi connectivity index (χ1) is 13.3. The molecule has 0 aromatic carbocycles. The number of Topliss-reactive ketones (excluding diaryl/α,β-unsaturated/α-hetero) is 1. The van der Waals surface area contributed by atoms with Crippen LogP contribution in [0.25, 0.3) is 0 Å². The van der Waals surface area contributed by atoms with Gasteiger partial charge in [-0.2, -0.15) is 0 Å². The van der Waals surface area contributed by atoms with Crippen LogP contribution in [0.2, 0.25) is 0 Å². The first-order valence-electron chi connectivity index (χ1n) is 12.2. The van der Waals surface area contributed by atoms with Gasteiger partial charge in [0.05, 0.1) is 6.10 Å². The molecule has 4 fully saturated rings. The molecule has 0 heterocycles. The Balaban J connectivity index is 1.70. The van der Waals surface area contributed by atoms with E-state index in [-0.39, 0.29) is 23.4 Å². The van der Waals surface area contributed by atoms with Crippen molar-refractivity contribution in [1.29, 1.82) is 0 Å². The minimum absolute atomic E-state index is 0.202. The van der Waals surface area contributed by atoms with Crippen molar-refractivity contribution in [3.05, 3.63) is 11.6 Å². The van der Waals surface area contributed by atoms with Crippen molar-refractivity contribution in [1.82, 2.24) is 0 Å². The average Bonchev–Trinajstić information content (AvgIpc) is 3.01. The standard InChI is InChI=1S/C26H42O2/c1-6-8-16(3)19-9-10-20-23-21(12-14-25(19,20)4)26(5)13-11-17(27)15-22(26)18(7-2)24(23)28/h7,16-17,19-23,27H,6,8-15H2,1-5H3/t16-,17-,19-,20?,21?,22?,23?,25-,26-/m1/s1. The summed E-state index contributed by atoms with van der Waals surface area (Å²) in [6.45, 7) is 11.8. The number of rotatable bonds is 3.